The van der Waals surface area contributed by atoms with E-state index in [0.717, 1.165) is 24.3 Å². The molecule has 2 rings (SSSR count). The van der Waals surface area contributed by atoms with Crippen molar-refractivity contribution >= 4 is 11.6 Å². The second kappa shape index (κ2) is 4.66. The van der Waals surface area contributed by atoms with Crippen LogP contribution in [0.15, 0.2) is 24.3 Å². The zero-order chi connectivity index (χ0) is 11.5. The number of para-hydroxylation sites is 1. The Kier molecular flexibility index (Phi) is 3.25. The van der Waals surface area contributed by atoms with Crippen molar-refractivity contribution in [1.82, 2.24) is 4.90 Å². The van der Waals surface area contributed by atoms with Gasteiger partial charge in [-0.05, 0) is 24.7 Å². The lowest BCUT2D eigenvalue weighted by molar-refractivity contribution is -0.117. The van der Waals surface area contributed by atoms with Crippen LogP contribution >= 0.6 is 0 Å². The highest BCUT2D eigenvalue weighted by molar-refractivity contribution is 6.01. The molecule has 1 aliphatic heterocycles. The first-order valence-corrected chi connectivity index (χ1v) is 5.86. The summed E-state index contributed by atoms with van der Waals surface area (Å²) in [6.07, 6.45) is 0.553. The molecule has 1 aromatic rings. The van der Waals surface area contributed by atoms with Crippen LogP contribution in [-0.4, -0.2) is 30.6 Å². The van der Waals surface area contributed by atoms with Gasteiger partial charge in [0.15, 0.2) is 0 Å². The van der Waals surface area contributed by atoms with Crippen LogP contribution in [0.2, 0.25) is 0 Å². The highest BCUT2D eigenvalue weighted by Crippen LogP contribution is 2.28. The van der Waals surface area contributed by atoms with E-state index in [-0.39, 0.29) is 5.91 Å². The average Bonchev–Trinajstić information content (AvgIpc) is 2.62. The third-order valence-corrected chi connectivity index (χ3v) is 3.16. The minimum atomic E-state index is 0.216. The summed E-state index contributed by atoms with van der Waals surface area (Å²) in [6.45, 7) is 6.90. The Labute approximate surface area is 96.7 Å². The van der Waals surface area contributed by atoms with Crippen molar-refractivity contribution < 1.29 is 4.79 Å². The molecule has 0 atom stereocenters. The molecule has 0 spiro atoms. The number of hydrogen-bond donors (Lipinski definition) is 0. The molecule has 3 heteroatoms. The molecule has 0 aliphatic carbocycles. The number of rotatable bonds is 4. The van der Waals surface area contributed by atoms with Gasteiger partial charge in [-0.25, -0.2) is 0 Å². The summed E-state index contributed by atoms with van der Waals surface area (Å²) in [5.74, 6) is 0.216. The molecule has 1 amide bonds. The molecule has 0 saturated heterocycles. The van der Waals surface area contributed by atoms with Crippen molar-refractivity contribution in [2.45, 2.75) is 20.3 Å². The number of anilines is 1. The fourth-order valence-electron chi connectivity index (χ4n) is 2.09. The van der Waals surface area contributed by atoms with Crippen molar-refractivity contribution in [3.05, 3.63) is 29.8 Å². The van der Waals surface area contributed by atoms with E-state index in [2.05, 4.69) is 18.7 Å². The van der Waals surface area contributed by atoms with Gasteiger partial charge in [-0.15, -0.1) is 0 Å². The molecular formula is C13H18N2O. The second-order valence-corrected chi connectivity index (χ2v) is 4.07. The van der Waals surface area contributed by atoms with E-state index in [1.807, 2.05) is 29.2 Å². The fraction of sp³-hybridized carbons (Fsp3) is 0.462. The molecule has 0 bridgehead atoms. The van der Waals surface area contributed by atoms with Crippen LogP contribution in [0.4, 0.5) is 5.69 Å². The molecule has 16 heavy (non-hydrogen) atoms. The van der Waals surface area contributed by atoms with E-state index in [0.29, 0.717) is 13.1 Å². The van der Waals surface area contributed by atoms with Crippen molar-refractivity contribution in [2.75, 3.05) is 24.7 Å². The standard InChI is InChI=1S/C13H18N2O/c1-3-14(4-2)10-15-12-8-6-5-7-11(12)9-13(15)16/h5-8H,3-4,9-10H2,1-2H3. The third kappa shape index (κ3) is 1.95. The van der Waals surface area contributed by atoms with Crippen LogP contribution in [-0.2, 0) is 11.2 Å². The van der Waals surface area contributed by atoms with E-state index in [1.165, 1.54) is 0 Å². The number of carbonyl (C=O) groups is 1. The van der Waals surface area contributed by atoms with Crippen molar-refractivity contribution in [2.24, 2.45) is 0 Å². The molecule has 0 N–H and O–H groups in total. The van der Waals surface area contributed by atoms with Crippen LogP contribution in [0, 0.1) is 0 Å². The maximum atomic E-state index is 11.9. The van der Waals surface area contributed by atoms with Crippen LogP contribution in [0.25, 0.3) is 0 Å². The summed E-state index contributed by atoms with van der Waals surface area (Å²) in [7, 11) is 0. The number of hydrogen-bond acceptors (Lipinski definition) is 2. The van der Waals surface area contributed by atoms with E-state index < -0.39 is 0 Å². The first-order valence-electron chi connectivity index (χ1n) is 5.86. The topological polar surface area (TPSA) is 23.6 Å². The molecule has 0 fully saturated rings. The molecule has 1 aliphatic rings. The molecule has 1 heterocycles. The minimum Gasteiger partial charge on any atom is -0.298 e. The Morgan fingerprint density at radius 3 is 2.62 bits per heavy atom. The zero-order valence-corrected chi connectivity index (χ0v) is 9.94. The lowest BCUT2D eigenvalue weighted by Crippen LogP contribution is -2.39. The van der Waals surface area contributed by atoms with Gasteiger partial charge in [-0.3, -0.25) is 14.6 Å². The Balaban J connectivity index is 2.19. The maximum absolute atomic E-state index is 11.9. The molecule has 1 aromatic carbocycles. The van der Waals surface area contributed by atoms with Gasteiger partial charge in [0.1, 0.15) is 0 Å². The summed E-state index contributed by atoms with van der Waals surface area (Å²) in [6, 6.07) is 8.05. The molecule has 0 aromatic heterocycles. The summed E-state index contributed by atoms with van der Waals surface area (Å²) < 4.78 is 0. The van der Waals surface area contributed by atoms with Crippen molar-refractivity contribution in [3.8, 4) is 0 Å². The van der Waals surface area contributed by atoms with Crippen LogP contribution in [0.5, 0.6) is 0 Å². The molecular weight excluding hydrogens is 200 g/mol. The first-order chi connectivity index (χ1) is 7.76. The average molecular weight is 218 g/mol. The van der Waals surface area contributed by atoms with Gasteiger partial charge >= 0.3 is 0 Å². The lowest BCUT2D eigenvalue weighted by atomic mass is 10.2. The number of nitrogens with zero attached hydrogens (tertiary/aromatic N) is 2. The molecule has 0 saturated carbocycles. The van der Waals surface area contributed by atoms with E-state index >= 15 is 0 Å². The maximum Gasteiger partial charge on any atom is 0.232 e. The molecule has 86 valence electrons. The summed E-state index contributed by atoms with van der Waals surface area (Å²) in [4.78, 5) is 16.0. The lowest BCUT2D eigenvalue weighted by Gasteiger charge is -2.26. The second-order valence-electron chi connectivity index (χ2n) is 4.07. The summed E-state index contributed by atoms with van der Waals surface area (Å²) in [5.41, 5.74) is 2.24. The Morgan fingerprint density at radius 1 is 1.25 bits per heavy atom. The van der Waals surface area contributed by atoms with Gasteiger partial charge in [0.2, 0.25) is 5.91 Å². The first kappa shape index (κ1) is 11.1. The Bertz CT molecular complexity index is 385. The number of amides is 1. The Morgan fingerprint density at radius 2 is 1.94 bits per heavy atom. The summed E-state index contributed by atoms with van der Waals surface area (Å²) in [5, 5.41) is 0. The number of fused-ring (bicyclic) bond motifs is 1. The Hall–Kier alpha value is -1.35. The van der Waals surface area contributed by atoms with Crippen molar-refractivity contribution in [3.63, 3.8) is 0 Å². The van der Waals surface area contributed by atoms with E-state index in [4.69, 9.17) is 0 Å². The van der Waals surface area contributed by atoms with Crippen molar-refractivity contribution in [1.29, 1.82) is 0 Å². The largest absolute Gasteiger partial charge is 0.298 e. The smallest absolute Gasteiger partial charge is 0.232 e. The van der Waals surface area contributed by atoms with E-state index in [9.17, 15) is 4.79 Å². The van der Waals surface area contributed by atoms with Crippen LogP contribution in [0.1, 0.15) is 19.4 Å². The molecule has 0 radical (unpaired) electrons. The highest BCUT2D eigenvalue weighted by Gasteiger charge is 2.27. The van der Waals surface area contributed by atoms with E-state index in [1.54, 1.807) is 0 Å². The summed E-state index contributed by atoms with van der Waals surface area (Å²) >= 11 is 0. The highest BCUT2D eigenvalue weighted by atomic mass is 16.2. The van der Waals surface area contributed by atoms with Gasteiger partial charge in [0.05, 0.1) is 13.1 Å². The molecule has 0 unspecified atom stereocenters. The molecule has 3 nitrogen and oxygen atoms in total. The zero-order valence-electron chi connectivity index (χ0n) is 9.94. The predicted octanol–water partition coefficient (Wildman–Crippen LogP) is 1.87. The SMILES string of the molecule is CCN(CC)CN1C(=O)Cc2ccccc21. The number of benzene rings is 1. The van der Waals surface area contributed by atoms with Crippen LogP contribution in [0.3, 0.4) is 0 Å². The monoisotopic (exact) mass is 218 g/mol. The van der Waals surface area contributed by atoms with Crippen LogP contribution < -0.4 is 4.90 Å². The van der Waals surface area contributed by atoms with Gasteiger partial charge in [0, 0.05) is 5.69 Å². The van der Waals surface area contributed by atoms with Gasteiger partial charge in [0.25, 0.3) is 0 Å². The number of carbonyl (C=O) groups excluding carboxylic acids is 1. The fourth-order valence-corrected chi connectivity index (χ4v) is 2.09. The third-order valence-electron chi connectivity index (χ3n) is 3.16. The van der Waals surface area contributed by atoms with Gasteiger partial charge in [-0.2, -0.15) is 0 Å². The minimum absolute atomic E-state index is 0.216. The van der Waals surface area contributed by atoms with Gasteiger partial charge in [-0.1, -0.05) is 32.0 Å². The normalized spacial score (nSPS) is 14.7. The quantitative estimate of drug-likeness (QED) is 0.770. The predicted molar refractivity (Wildman–Crippen MR) is 65.4 cm³/mol. The van der Waals surface area contributed by atoms with Gasteiger partial charge < -0.3 is 0 Å².